The third-order valence-electron chi connectivity index (χ3n) is 19.1. The van der Waals surface area contributed by atoms with Crippen LogP contribution < -0.4 is 10.6 Å². The minimum atomic E-state index is -3.08. The van der Waals surface area contributed by atoms with Gasteiger partial charge in [0.25, 0.3) is 5.79 Å². The summed E-state index contributed by atoms with van der Waals surface area (Å²) in [5, 5.41) is 136. The molecule has 14 N–H and O–H groups in total. The van der Waals surface area contributed by atoms with E-state index in [2.05, 4.69) is 24.5 Å². The van der Waals surface area contributed by atoms with E-state index in [4.69, 9.17) is 28.4 Å². The van der Waals surface area contributed by atoms with Crippen LogP contribution in [0, 0.1) is 0 Å². The molecule has 548 valence electrons. The molecule has 0 aliphatic carbocycles. The first-order chi connectivity index (χ1) is 44.9. The Morgan fingerprint density at radius 2 is 0.935 bits per heavy atom. The molecule has 3 heterocycles. The average Bonchev–Trinajstić information content (AvgIpc) is 0.768. The largest absolute Gasteiger partial charge is 0.477 e. The number of carbonyl (C=O) groups is 3. The Kier molecular flexibility index (Phi) is 46.6. The molecule has 3 rings (SSSR count). The first kappa shape index (κ1) is 85.0. The zero-order chi connectivity index (χ0) is 68.2. The van der Waals surface area contributed by atoms with Crippen LogP contribution in [0.2, 0.25) is 0 Å². The number of carbonyl (C=O) groups excluding carboxylic acids is 2. The van der Waals surface area contributed by atoms with Gasteiger partial charge in [0, 0.05) is 19.8 Å². The van der Waals surface area contributed by atoms with Gasteiger partial charge in [-0.25, -0.2) is 4.79 Å². The van der Waals surface area contributed by atoms with Crippen LogP contribution in [0.15, 0.2) is 0 Å². The number of hydrogen-bond acceptors (Lipinski definition) is 20. The first-order valence-electron chi connectivity index (χ1n) is 36.9. The monoisotopic (exact) mass is 1340 g/mol. The summed E-state index contributed by atoms with van der Waals surface area (Å²) in [7, 11) is 0. The number of aliphatic carboxylic acids is 1. The molecule has 2 amide bonds. The quantitative estimate of drug-likeness (QED) is 0.0260. The van der Waals surface area contributed by atoms with Crippen molar-refractivity contribution >= 4 is 17.8 Å². The van der Waals surface area contributed by atoms with Crippen LogP contribution in [0.3, 0.4) is 0 Å². The molecule has 0 bridgehead atoms. The maximum atomic E-state index is 13.5. The summed E-state index contributed by atoms with van der Waals surface area (Å²) in [6, 6.07) is -2.52. The fourth-order valence-electron chi connectivity index (χ4n) is 13.2. The lowest BCUT2D eigenvalue weighted by Crippen LogP contribution is -2.70. The third kappa shape index (κ3) is 33.0. The van der Waals surface area contributed by atoms with Crippen molar-refractivity contribution in [2.45, 2.75) is 400 Å². The van der Waals surface area contributed by atoms with Crippen LogP contribution in [0.4, 0.5) is 0 Å². The van der Waals surface area contributed by atoms with Gasteiger partial charge in [-0.1, -0.05) is 258 Å². The van der Waals surface area contributed by atoms with Crippen LogP contribution >= 0.6 is 0 Å². The zero-order valence-corrected chi connectivity index (χ0v) is 57.4. The normalized spacial score (nSPS) is 28.0. The second-order valence-corrected chi connectivity index (χ2v) is 27.2. The number of amides is 2. The van der Waals surface area contributed by atoms with Gasteiger partial charge in [-0.05, 0) is 12.8 Å². The number of aliphatic hydroxyl groups is 11. The van der Waals surface area contributed by atoms with Gasteiger partial charge >= 0.3 is 5.97 Å². The van der Waals surface area contributed by atoms with Crippen LogP contribution in [0.1, 0.15) is 290 Å². The molecule has 18 unspecified atom stereocenters. The molecule has 93 heavy (non-hydrogen) atoms. The van der Waals surface area contributed by atoms with Crippen molar-refractivity contribution in [2.75, 3.05) is 26.4 Å². The van der Waals surface area contributed by atoms with Gasteiger partial charge in [0.15, 0.2) is 12.6 Å². The van der Waals surface area contributed by atoms with Gasteiger partial charge in [0.1, 0.15) is 67.1 Å². The lowest BCUT2D eigenvalue weighted by atomic mass is 9.88. The number of nitrogens with one attached hydrogen (secondary N) is 2. The molecule has 0 radical (unpaired) electrons. The summed E-state index contributed by atoms with van der Waals surface area (Å²) in [4.78, 5) is 38.6. The molecular weight excluding hydrogens is 1200 g/mol. The molecule has 18 atom stereocenters. The standard InChI is InChI=1S/C70H132N2O21/c1-4-6-8-10-12-14-16-18-19-20-21-22-23-24-25-26-27-28-29-30-31-32-34-36-38-40-42-44-57(80)72-51(52(77)43-41-39-37-35-33-17-15-13-11-9-7-5-2)49-88-67-62(84)61(83)64(56(48-75)90-67)91-68-63(85)66(60(82)55(47-74)89-68)93-70(69(86)87)45-53(78)58(71-50(3)76)65(92-70)59(81)54(79)46-73/h51-56,58-68,73-75,77-79,81-85H,4-49H2,1-3H3,(H,71,76)(H,72,80)(H,86,87). The Morgan fingerprint density at radius 3 is 1.34 bits per heavy atom. The number of rotatable bonds is 57. The lowest BCUT2D eigenvalue weighted by Gasteiger charge is -2.50. The van der Waals surface area contributed by atoms with E-state index in [-0.39, 0.29) is 18.9 Å². The molecule has 3 fully saturated rings. The van der Waals surface area contributed by atoms with Crippen LogP contribution in [0.5, 0.6) is 0 Å². The van der Waals surface area contributed by atoms with Crippen LogP contribution in [-0.4, -0.2) is 215 Å². The van der Waals surface area contributed by atoms with Gasteiger partial charge in [-0.15, -0.1) is 0 Å². The van der Waals surface area contributed by atoms with Crippen molar-refractivity contribution in [3.05, 3.63) is 0 Å². The highest BCUT2D eigenvalue weighted by Crippen LogP contribution is 2.39. The second kappa shape index (κ2) is 51.0. The molecule has 3 saturated heterocycles. The Hall–Kier alpha value is -2.27. The van der Waals surface area contributed by atoms with E-state index in [0.29, 0.717) is 19.3 Å². The van der Waals surface area contributed by atoms with E-state index < -0.39 is 148 Å². The van der Waals surface area contributed by atoms with E-state index >= 15 is 0 Å². The Morgan fingerprint density at radius 1 is 0.516 bits per heavy atom. The maximum absolute atomic E-state index is 13.5. The molecule has 0 saturated carbocycles. The predicted molar refractivity (Wildman–Crippen MR) is 352 cm³/mol. The molecule has 0 aromatic heterocycles. The molecule has 23 heteroatoms. The molecule has 0 aromatic rings. The number of aliphatic hydroxyl groups excluding tert-OH is 11. The SMILES string of the molecule is CCCCCCCCCCCCCCCCCCCCCCCCCCCCCC(=O)NC(COC1OC(CO)C(OC2OC(CO)C(O)C(OC3(C(=O)O)CC(O)C(NC(C)=O)C(C(O)C(O)CO)O3)C2O)C(O)C1O)C(O)CCCCCCCCCCCCCC. The van der Waals surface area contributed by atoms with Crippen LogP contribution in [0.25, 0.3) is 0 Å². The summed E-state index contributed by atoms with van der Waals surface area (Å²) < 4.78 is 34.9. The van der Waals surface area contributed by atoms with E-state index in [1.807, 2.05) is 0 Å². The first-order valence-corrected chi connectivity index (χ1v) is 36.9. The fraction of sp³-hybridized carbons (Fsp3) is 0.957. The smallest absolute Gasteiger partial charge is 0.364 e. The Labute approximate surface area is 557 Å². The third-order valence-corrected chi connectivity index (χ3v) is 19.1. The second-order valence-electron chi connectivity index (χ2n) is 27.2. The summed E-state index contributed by atoms with van der Waals surface area (Å²) in [6.45, 7) is 2.22. The minimum Gasteiger partial charge on any atom is -0.477 e. The topological polar surface area (TPSA) is 373 Å². The molecule has 3 aliphatic rings. The molecule has 23 nitrogen and oxygen atoms in total. The lowest BCUT2D eigenvalue weighted by molar-refractivity contribution is -0.386. The van der Waals surface area contributed by atoms with Crippen molar-refractivity contribution in [2.24, 2.45) is 0 Å². The van der Waals surface area contributed by atoms with Gasteiger partial charge in [0.05, 0.1) is 50.7 Å². The number of hydrogen-bond donors (Lipinski definition) is 14. The fourth-order valence-corrected chi connectivity index (χ4v) is 13.2. The van der Waals surface area contributed by atoms with E-state index in [9.17, 15) is 75.7 Å². The number of carboxylic acid groups (broad SMARTS) is 1. The van der Waals surface area contributed by atoms with E-state index in [0.717, 1.165) is 51.9 Å². The summed E-state index contributed by atoms with van der Waals surface area (Å²) >= 11 is 0. The van der Waals surface area contributed by atoms with Gasteiger partial charge in [0.2, 0.25) is 11.8 Å². The molecule has 3 aliphatic heterocycles. The number of ether oxygens (including phenoxy) is 6. The van der Waals surface area contributed by atoms with E-state index in [1.54, 1.807) is 0 Å². The van der Waals surface area contributed by atoms with E-state index in [1.165, 1.54) is 193 Å². The summed E-state index contributed by atoms with van der Waals surface area (Å²) in [5.74, 6) is -6.09. The average molecular weight is 1340 g/mol. The van der Waals surface area contributed by atoms with Gasteiger partial charge < -0.3 is 100 Å². The number of unbranched alkanes of at least 4 members (excludes halogenated alkanes) is 37. The van der Waals surface area contributed by atoms with Gasteiger partial charge in [-0.2, -0.15) is 0 Å². The molecule has 0 spiro atoms. The molecule has 0 aromatic carbocycles. The van der Waals surface area contributed by atoms with Crippen molar-refractivity contribution < 1.29 is 104 Å². The van der Waals surface area contributed by atoms with Gasteiger partial charge in [-0.3, -0.25) is 9.59 Å². The van der Waals surface area contributed by atoms with Crippen LogP contribution in [-0.2, 0) is 42.8 Å². The molecular formula is C70H132N2O21. The highest BCUT2D eigenvalue weighted by atomic mass is 16.8. The predicted octanol–water partition coefficient (Wildman–Crippen LogP) is 7.68. The van der Waals surface area contributed by atoms with Crippen molar-refractivity contribution in [1.82, 2.24) is 10.6 Å². The Bertz CT molecular complexity index is 1880. The zero-order valence-electron chi connectivity index (χ0n) is 57.4. The summed E-state index contributed by atoms with van der Waals surface area (Å²) in [6.07, 6.45) is 19.8. The summed E-state index contributed by atoms with van der Waals surface area (Å²) in [5.41, 5.74) is 0. The highest BCUT2D eigenvalue weighted by molar-refractivity contribution is 5.77. The van der Waals surface area contributed by atoms with Crippen molar-refractivity contribution in [3.63, 3.8) is 0 Å². The van der Waals surface area contributed by atoms with Crippen molar-refractivity contribution in [3.8, 4) is 0 Å². The number of carboxylic acids is 1. The van der Waals surface area contributed by atoms with Crippen molar-refractivity contribution in [1.29, 1.82) is 0 Å². The maximum Gasteiger partial charge on any atom is 0.364 e. The minimum absolute atomic E-state index is 0.229. The Balaban J connectivity index is 1.50. The highest BCUT2D eigenvalue weighted by Gasteiger charge is 2.60.